The van der Waals surface area contributed by atoms with Crippen LogP contribution in [0.1, 0.15) is 52.4 Å². The highest BCUT2D eigenvalue weighted by Crippen LogP contribution is 2.42. The molecule has 6 nitrogen and oxygen atoms in total. The summed E-state index contributed by atoms with van der Waals surface area (Å²) in [6.07, 6.45) is 0.0505. The summed E-state index contributed by atoms with van der Waals surface area (Å²) in [4.78, 5) is 12.0. The Labute approximate surface area is 142 Å². The standard InChI is InChI=1S/C17H25BO6/c1-6-22-15(21)10-12(11-7-8-13(19)14(20)9-11)18-23-16(2,3)17(4,5)24-18/h7-9,12,19-20H,6,10H2,1-5H3. The summed E-state index contributed by atoms with van der Waals surface area (Å²) in [5, 5.41) is 19.3. The van der Waals surface area contributed by atoms with E-state index in [9.17, 15) is 15.0 Å². The molecule has 0 aliphatic carbocycles. The topological polar surface area (TPSA) is 85.2 Å². The van der Waals surface area contributed by atoms with Crippen molar-refractivity contribution in [3.8, 4) is 11.5 Å². The summed E-state index contributed by atoms with van der Waals surface area (Å²) in [6.45, 7) is 9.76. The summed E-state index contributed by atoms with van der Waals surface area (Å²) in [6, 6.07) is 4.45. The minimum Gasteiger partial charge on any atom is -0.504 e. The molecular weight excluding hydrogens is 311 g/mol. The molecule has 1 aliphatic heterocycles. The van der Waals surface area contributed by atoms with Gasteiger partial charge in [-0.15, -0.1) is 0 Å². The quantitative estimate of drug-likeness (QED) is 0.489. The van der Waals surface area contributed by atoms with Crippen LogP contribution in [0.15, 0.2) is 18.2 Å². The number of benzene rings is 1. The highest BCUT2D eigenvalue weighted by atomic mass is 16.7. The van der Waals surface area contributed by atoms with Crippen LogP contribution < -0.4 is 0 Å². The summed E-state index contributed by atoms with van der Waals surface area (Å²) in [5.74, 6) is -1.30. The maximum Gasteiger partial charge on any atom is 0.466 e. The molecule has 0 radical (unpaired) electrons. The number of aromatic hydroxyl groups is 2. The fourth-order valence-electron chi connectivity index (χ4n) is 2.59. The van der Waals surface area contributed by atoms with Gasteiger partial charge < -0.3 is 24.3 Å². The van der Waals surface area contributed by atoms with Crippen molar-refractivity contribution in [1.29, 1.82) is 0 Å². The summed E-state index contributed by atoms with van der Waals surface area (Å²) in [5.41, 5.74) is -0.440. The SMILES string of the molecule is CCOC(=O)CC(B1OC(C)(C)C(C)(C)O1)c1ccc(O)c(O)c1. The fraction of sp³-hybridized carbons (Fsp3) is 0.588. The van der Waals surface area contributed by atoms with Gasteiger partial charge in [0.15, 0.2) is 11.5 Å². The normalized spacial score (nSPS) is 20.0. The molecule has 7 heteroatoms. The Hall–Kier alpha value is -1.73. The van der Waals surface area contributed by atoms with Crippen LogP contribution in [-0.4, -0.2) is 41.1 Å². The molecule has 1 aromatic rings. The molecule has 0 saturated carbocycles. The number of hydrogen-bond acceptors (Lipinski definition) is 6. The summed E-state index contributed by atoms with van der Waals surface area (Å²) in [7, 11) is -0.664. The van der Waals surface area contributed by atoms with Crippen molar-refractivity contribution >= 4 is 13.1 Å². The van der Waals surface area contributed by atoms with E-state index in [0.29, 0.717) is 5.56 Å². The number of phenolic OH excluding ortho intramolecular Hbond substituents is 2. The molecule has 0 bridgehead atoms. The molecule has 1 heterocycles. The van der Waals surface area contributed by atoms with E-state index < -0.39 is 24.1 Å². The third-order valence-electron chi connectivity index (χ3n) is 4.72. The minimum atomic E-state index is -0.664. The maximum atomic E-state index is 12.0. The lowest BCUT2D eigenvalue weighted by Gasteiger charge is -2.32. The van der Waals surface area contributed by atoms with Crippen LogP contribution >= 0.6 is 0 Å². The number of rotatable bonds is 5. The van der Waals surface area contributed by atoms with E-state index >= 15 is 0 Å². The molecule has 1 fully saturated rings. The van der Waals surface area contributed by atoms with Crippen LogP contribution in [0.3, 0.4) is 0 Å². The molecule has 2 N–H and O–H groups in total. The van der Waals surface area contributed by atoms with Crippen LogP contribution in [0.25, 0.3) is 0 Å². The van der Waals surface area contributed by atoms with E-state index in [1.165, 1.54) is 12.1 Å². The molecule has 1 aromatic carbocycles. The number of esters is 1. The second kappa shape index (κ2) is 6.65. The Balaban J connectivity index is 2.33. The van der Waals surface area contributed by atoms with Gasteiger partial charge in [0.05, 0.1) is 24.2 Å². The van der Waals surface area contributed by atoms with E-state index in [-0.39, 0.29) is 30.5 Å². The Morgan fingerprint density at radius 1 is 1.17 bits per heavy atom. The first kappa shape index (κ1) is 18.6. The highest BCUT2D eigenvalue weighted by molar-refractivity contribution is 6.48. The maximum absolute atomic E-state index is 12.0. The van der Waals surface area contributed by atoms with Gasteiger partial charge in [-0.2, -0.15) is 0 Å². The predicted molar refractivity (Wildman–Crippen MR) is 89.8 cm³/mol. The lowest BCUT2D eigenvalue weighted by molar-refractivity contribution is -0.143. The van der Waals surface area contributed by atoms with Crippen molar-refractivity contribution < 1.29 is 29.1 Å². The van der Waals surface area contributed by atoms with Gasteiger partial charge in [0, 0.05) is 5.82 Å². The fourth-order valence-corrected chi connectivity index (χ4v) is 2.59. The van der Waals surface area contributed by atoms with Crippen LogP contribution in [0.2, 0.25) is 0 Å². The van der Waals surface area contributed by atoms with Gasteiger partial charge in [0.1, 0.15) is 0 Å². The Morgan fingerprint density at radius 2 is 1.75 bits per heavy atom. The molecular formula is C17H25BO6. The Bertz CT molecular complexity index is 597. The Kier molecular flexibility index (Phi) is 5.15. The van der Waals surface area contributed by atoms with E-state index in [4.69, 9.17) is 14.0 Å². The number of hydrogen-bond donors (Lipinski definition) is 2. The van der Waals surface area contributed by atoms with Gasteiger partial charge in [-0.05, 0) is 52.3 Å². The third kappa shape index (κ3) is 3.67. The van der Waals surface area contributed by atoms with Gasteiger partial charge in [0.2, 0.25) is 0 Å². The van der Waals surface area contributed by atoms with Gasteiger partial charge in [-0.1, -0.05) is 6.07 Å². The largest absolute Gasteiger partial charge is 0.504 e. The predicted octanol–water partition coefficient (Wildman–Crippen LogP) is 2.77. The van der Waals surface area contributed by atoms with E-state index in [1.54, 1.807) is 13.0 Å². The molecule has 0 aromatic heterocycles. The molecule has 2 rings (SSSR count). The van der Waals surface area contributed by atoms with Crippen LogP contribution in [-0.2, 0) is 18.8 Å². The van der Waals surface area contributed by atoms with Crippen LogP contribution in [0.5, 0.6) is 11.5 Å². The van der Waals surface area contributed by atoms with Crippen LogP contribution in [0, 0.1) is 0 Å². The second-order valence-corrected chi connectivity index (χ2v) is 6.99. The lowest BCUT2D eigenvalue weighted by Crippen LogP contribution is -2.41. The average Bonchev–Trinajstić information content (AvgIpc) is 2.68. The van der Waals surface area contributed by atoms with E-state index in [1.807, 2.05) is 27.7 Å². The Morgan fingerprint density at radius 3 is 2.25 bits per heavy atom. The van der Waals surface area contributed by atoms with Crippen molar-refractivity contribution in [3.63, 3.8) is 0 Å². The summed E-state index contributed by atoms with van der Waals surface area (Å²) >= 11 is 0. The number of carbonyl (C=O) groups excluding carboxylic acids is 1. The van der Waals surface area contributed by atoms with Gasteiger partial charge in [0.25, 0.3) is 0 Å². The molecule has 1 atom stereocenters. The van der Waals surface area contributed by atoms with Crippen molar-refractivity contribution in [2.24, 2.45) is 0 Å². The smallest absolute Gasteiger partial charge is 0.466 e. The zero-order chi connectivity index (χ0) is 18.1. The molecule has 1 saturated heterocycles. The molecule has 0 amide bonds. The van der Waals surface area contributed by atoms with E-state index in [0.717, 1.165) is 0 Å². The zero-order valence-electron chi connectivity index (χ0n) is 14.8. The second-order valence-electron chi connectivity index (χ2n) is 6.99. The van der Waals surface area contributed by atoms with Crippen molar-refractivity contribution in [1.82, 2.24) is 0 Å². The highest BCUT2D eigenvalue weighted by Gasteiger charge is 2.54. The monoisotopic (exact) mass is 336 g/mol. The molecule has 132 valence electrons. The molecule has 1 unspecified atom stereocenters. The van der Waals surface area contributed by atoms with Gasteiger partial charge in [-0.3, -0.25) is 4.79 Å². The first-order valence-electron chi connectivity index (χ1n) is 8.10. The molecule has 24 heavy (non-hydrogen) atoms. The number of ether oxygens (including phenoxy) is 1. The average molecular weight is 336 g/mol. The summed E-state index contributed by atoms with van der Waals surface area (Å²) < 4.78 is 17.2. The lowest BCUT2D eigenvalue weighted by atomic mass is 9.66. The third-order valence-corrected chi connectivity index (χ3v) is 4.72. The minimum absolute atomic E-state index is 0.0505. The van der Waals surface area contributed by atoms with Crippen molar-refractivity contribution in [3.05, 3.63) is 23.8 Å². The first-order valence-corrected chi connectivity index (χ1v) is 8.10. The van der Waals surface area contributed by atoms with Gasteiger partial charge in [-0.25, -0.2) is 0 Å². The van der Waals surface area contributed by atoms with E-state index in [2.05, 4.69) is 0 Å². The van der Waals surface area contributed by atoms with Crippen LogP contribution in [0.4, 0.5) is 0 Å². The van der Waals surface area contributed by atoms with Crippen molar-refractivity contribution in [2.75, 3.05) is 6.61 Å². The van der Waals surface area contributed by atoms with Gasteiger partial charge >= 0.3 is 13.1 Å². The zero-order valence-corrected chi connectivity index (χ0v) is 14.8. The molecule has 1 aliphatic rings. The number of carbonyl (C=O) groups is 1. The van der Waals surface area contributed by atoms with Crippen molar-refractivity contribution in [2.45, 2.75) is 58.1 Å². The number of phenols is 2. The first-order chi connectivity index (χ1) is 11.1. The molecule has 0 spiro atoms.